The standard InChI is InChI=1S/C39H36N2O5/c42-37(31-17-8-3-9-18-31)33-19-10-11-20-34(33)41-35(39(44)45)27-28-21-23-32(24-22-28)46-26-12-25-40-38(43)36(29-13-4-1-5-14-29)30-15-6-2-7-16-30/h1-11,13-24,35-36,41H,12,25-27H2,(H,40,43)(H,44,45)/t35-/m0/s1. The predicted octanol–water partition coefficient (Wildman–Crippen LogP) is 6.74. The van der Waals surface area contributed by atoms with Gasteiger partial charge in [0.2, 0.25) is 5.91 Å². The highest BCUT2D eigenvalue weighted by molar-refractivity contribution is 6.12. The molecule has 46 heavy (non-hydrogen) atoms. The van der Waals surface area contributed by atoms with E-state index in [9.17, 15) is 19.5 Å². The number of carbonyl (C=O) groups is 3. The van der Waals surface area contributed by atoms with Crippen molar-refractivity contribution in [3.63, 3.8) is 0 Å². The summed E-state index contributed by atoms with van der Waals surface area (Å²) in [4.78, 5) is 38.4. The summed E-state index contributed by atoms with van der Waals surface area (Å²) in [6.07, 6.45) is 0.829. The van der Waals surface area contributed by atoms with Crippen molar-refractivity contribution < 1.29 is 24.2 Å². The Morgan fingerprint density at radius 3 is 1.85 bits per heavy atom. The van der Waals surface area contributed by atoms with Crippen LogP contribution in [0.25, 0.3) is 0 Å². The molecular formula is C39H36N2O5. The normalized spacial score (nSPS) is 11.4. The number of ketones is 1. The fourth-order valence-electron chi connectivity index (χ4n) is 5.26. The summed E-state index contributed by atoms with van der Waals surface area (Å²) in [6, 6.07) is 41.6. The van der Waals surface area contributed by atoms with Gasteiger partial charge in [-0.2, -0.15) is 0 Å². The minimum atomic E-state index is -1.02. The first kappa shape index (κ1) is 31.7. The Morgan fingerprint density at radius 1 is 0.674 bits per heavy atom. The second kappa shape index (κ2) is 15.9. The van der Waals surface area contributed by atoms with E-state index in [0.29, 0.717) is 42.1 Å². The van der Waals surface area contributed by atoms with Crippen molar-refractivity contribution in [2.75, 3.05) is 18.5 Å². The smallest absolute Gasteiger partial charge is 0.326 e. The molecule has 5 aromatic rings. The van der Waals surface area contributed by atoms with E-state index >= 15 is 0 Å². The first-order valence-corrected chi connectivity index (χ1v) is 15.3. The molecule has 1 amide bonds. The van der Waals surface area contributed by atoms with Crippen LogP contribution in [0.2, 0.25) is 0 Å². The molecule has 0 radical (unpaired) electrons. The highest BCUT2D eigenvalue weighted by atomic mass is 16.5. The van der Waals surface area contributed by atoms with Crippen molar-refractivity contribution in [2.24, 2.45) is 0 Å². The number of hydrogen-bond acceptors (Lipinski definition) is 5. The molecule has 232 valence electrons. The van der Waals surface area contributed by atoms with Gasteiger partial charge in [0.15, 0.2) is 5.78 Å². The number of aliphatic carboxylic acids is 1. The molecule has 0 aliphatic carbocycles. The van der Waals surface area contributed by atoms with Gasteiger partial charge in [-0.25, -0.2) is 4.79 Å². The molecule has 0 saturated heterocycles. The molecule has 0 bridgehead atoms. The quantitative estimate of drug-likeness (QED) is 0.0894. The van der Waals surface area contributed by atoms with Crippen LogP contribution in [0.4, 0.5) is 5.69 Å². The van der Waals surface area contributed by atoms with Crippen LogP contribution in [0.1, 0.15) is 45.0 Å². The Kier molecular flexibility index (Phi) is 10.9. The molecule has 5 rings (SSSR count). The Labute approximate surface area is 268 Å². The first-order valence-electron chi connectivity index (χ1n) is 15.3. The molecule has 0 aromatic heterocycles. The van der Waals surface area contributed by atoms with Crippen molar-refractivity contribution in [1.82, 2.24) is 5.32 Å². The van der Waals surface area contributed by atoms with Crippen molar-refractivity contribution in [3.05, 3.63) is 167 Å². The van der Waals surface area contributed by atoms with Gasteiger partial charge in [-0.3, -0.25) is 9.59 Å². The summed E-state index contributed by atoms with van der Waals surface area (Å²) < 4.78 is 5.88. The molecule has 0 aliphatic rings. The van der Waals surface area contributed by atoms with Gasteiger partial charge in [0.25, 0.3) is 0 Å². The molecule has 0 fully saturated rings. The van der Waals surface area contributed by atoms with Crippen LogP contribution in [0, 0.1) is 0 Å². The molecule has 7 heteroatoms. The number of benzene rings is 5. The van der Waals surface area contributed by atoms with Gasteiger partial charge in [-0.15, -0.1) is 0 Å². The summed E-state index contributed by atoms with van der Waals surface area (Å²) in [5, 5.41) is 16.1. The number of rotatable bonds is 15. The van der Waals surface area contributed by atoms with Crippen LogP contribution in [-0.4, -0.2) is 42.0 Å². The van der Waals surface area contributed by atoms with E-state index in [1.54, 1.807) is 60.7 Å². The minimum Gasteiger partial charge on any atom is -0.494 e. The van der Waals surface area contributed by atoms with Gasteiger partial charge in [-0.05, 0) is 47.4 Å². The third kappa shape index (κ3) is 8.48. The van der Waals surface area contributed by atoms with Crippen molar-refractivity contribution >= 4 is 23.3 Å². The van der Waals surface area contributed by atoms with Gasteiger partial charge >= 0.3 is 5.97 Å². The predicted molar refractivity (Wildman–Crippen MR) is 179 cm³/mol. The first-order chi connectivity index (χ1) is 22.5. The maximum Gasteiger partial charge on any atom is 0.326 e. The molecule has 1 atom stereocenters. The van der Waals surface area contributed by atoms with Crippen molar-refractivity contribution in [3.8, 4) is 5.75 Å². The Morgan fingerprint density at radius 2 is 1.24 bits per heavy atom. The largest absolute Gasteiger partial charge is 0.494 e. The average Bonchev–Trinajstić information content (AvgIpc) is 3.10. The van der Waals surface area contributed by atoms with Crippen LogP contribution in [0.15, 0.2) is 140 Å². The van der Waals surface area contributed by atoms with E-state index in [-0.39, 0.29) is 18.1 Å². The van der Waals surface area contributed by atoms with Crippen LogP contribution in [-0.2, 0) is 16.0 Å². The topological polar surface area (TPSA) is 105 Å². The summed E-state index contributed by atoms with van der Waals surface area (Å²) in [6.45, 7) is 0.875. The second-order valence-corrected chi connectivity index (χ2v) is 10.9. The van der Waals surface area contributed by atoms with Crippen molar-refractivity contribution in [1.29, 1.82) is 0 Å². The van der Waals surface area contributed by atoms with Gasteiger partial charge in [-0.1, -0.05) is 115 Å². The second-order valence-electron chi connectivity index (χ2n) is 10.9. The highest BCUT2D eigenvalue weighted by Gasteiger charge is 2.23. The fraction of sp³-hybridized carbons (Fsp3) is 0.154. The molecule has 0 saturated carbocycles. The van der Waals surface area contributed by atoms with E-state index in [1.165, 1.54) is 0 Å². The lowest BCUT2D eigenvalue weighted by atomic mass is 9.90. The number of anilines is 1. The van der Waals surface area contributed by atoms with E-state index < -0.39 is 17.9 Å². The summed E-state index contributed by atoms with van der Waals surface area (Å²) >= 11 is 0. The summed E-state index contributed by atoms with van der Waals surface area (Å²) in [5.41, 5.74) is 4.09. The Bertz CT molecular complexity index is 1690. The van der Waals surface area contributed by atoms with E-state index in [4.69, 9.17) is 4.74 Å². The molecule has 0 aliphatic heterocycles. The number of carboxylic acids is 1. The zero-order chi connectivity index (χ0) is 32.1. The maximum atomic E-state index is 13.2. The molecule has 0 spiro atoms. The zero-order valence-corrected chi connectivity index (χ0v) is 25.3. The van der Waals surface area contributed by atoms with Crippen LogP contribution in [0.5, 0.6) is 5.75 Å². The minimum absolute atomic E-state index is 0.0598. The number of ether oxygens (including phenoxy) is 1. The number of nitrogens with one attached hydrogen (secondary N) is 2. The van der Waals surface area contributed by atoms with Crippen LogP contribution < -0.4 is 15.4 Å². The number of hydrogen-bond donors (Lipinski definition) is 3. The monoisotopic (exact) mass is 612 g/mol. The summed E-state index contributed by atoms with van der Waals surface area (Å²) in [5.74, 6) is -0.999. The molecule has 0 unspecified atom stereocenters. The lowest BCUT2D eigenvalue weighted by Gasteiger charge is -2.19. The lowest BCUT2D eigenvalue weighted by Crippen LogP contribution is -2.32. The fourth-order valence-corrected chi connectivity index (χ4v) is 5.26. The Hall–Kier alpha value is -5.69. The third-order valence-corrected chi connectivity index (χ3v) is 7.62. The van der Waals surface area contributed by atoms with E-state index in [2.05, 4.69) is 10.6 Å². The SMILES string of the molecule is O=C(c1ccccc1)c1ccccc1N[C@@H](Cc1ccc(OCCCNC(=O)C(c2ccccc2)c2ccccc2)cc1)C(=O)O. The van der Waals surface area contributed by atoms with Gasteiger partial charge in [0.1, 0.15) is 11.8 Å². The lowest BCUT2D eigenvalue weighted by molar-refractivity contribution is -0.137. The average molecular weight is 613 g/mol. The van der Waals surface area contributed by atoms with Crippen molar-refractivity contribution in [2.45, 2.75) is 24.8 Å². The summed E-state index contributed by atoms with van der Waals surface area (Å²) in [7, 11) is 0. The molecule has 3 N–H and O–H groups in total. The number of carbonyl (C=O) groups excluding carboxylic acids is 2. The number of carboxylic acid groups (broad SMARTS) is 1. The van der Waals surface area contributed by atoms with Gasteiger partial charge < -0.3 is 20.5 Å². The Balaban J connectivity index is 1.12. The highest BCUT2D eigenvalue weighted by Crippen LogP contribution is 2.25. The van der Waals surface area contributed by atoms with Crippen LogP contribution in [0.3, 0.4) is 0 Å². The zero-order valence-electron chi connectivity index (χ0n) is 25.3. The van der Waals surface area contributed by atoms with Crippen LogP contribution >= 0.6 is 0 Å². The maximum absolute atomic E-state index is 13.2. The van der Waals surface area contributed by atoms with E-state index in [1.807, 2.05) is 78.9 Å². The molecule has 5 aromatic carbocycles. The van der Waals surface area contributed by atoms with E-state index in [0.717, 1.165) is 16.7 Å². The molecule has 7 nitrogen and oxygen atoms in total. The molecule has 0 heterocycles. The number of amides is 1. The molecular weight excluding hydrogens is 576 g/mol. The van der Waals surface area contributed by atoms with Gasteiger partial charge in [0.05, 0.1) is 12.5 Å². The number of para-hydroxylation sites is 1. The third-order valence-electron chi connectivity index (χ3n) is 7.62. The van der Waals surface area contributed by atoms with Gasteiger partial charge in [0, 0.05) is 29.8 Å².